The number of hydrogen-bond donors (Lipinski definition) is 0. The van der Waals surface area contributed by atoms with E-state index in [1.165, 1.54) is 7.11 Å². The largest absolute Gasteiger partial charge is 0.399 e. The third-order valence-corrected chi connectivity index (χ3v) is 1.63. The second kappa shape index (κ2) is 3.77. The molecule has 0 bridgehead atoms. The molecule has 11 heavy (non-hydrogen) atoms. The minimum Gasteiger partial charge on any atom is -0.399 e. The van der Waals surface area contributed by atoms with E-state index in [-0.39, 0.29) is 0 Å². The second-order valence-electron chi connectivity index (χ2n) is 2.39. The van der Waals surface area contributed by atoms with Gasteiger partial charge in [-0.15, -0.1) is 0 Å². The molecule has 0 aromatic rings. The summed E-state index contributed by atoms with van der Waals surface area (Å²) in [5, 5.41) is 12.3. The molecule has 0 radical (unpaired) electrons. The van der Waals surface area contributed by atoms with Crippen LogP contribution < -0.4 is 0 Å². The van der Waals surface area contributed by atoms with Gasteiger partial charge in [0.2, 0.25) is 0 Å². The van der Waals surface area contributed by atoms with E-state index in [1.807, 2.05) is 6.08 Å². The van der Waals surface area contributed by atoms with E-state index in [0.717, 1.165) is 30.5 Å². The zero-order chi connectivity index (χ0) is 8.10. The smallest absolute Gasteiger partial charge is 0.106 e. The maximum Gasteiger partial charge on any atom is 0.106 e. The average molecular weight is 150 g/mol. The van der Waals surface area contributed by atoms with Gasteiger partial charge in [-0.25, -0.2) is 0 Å². The van der Waals surface area contributed by atoms with Crippen molar-refractivity contribution in [2.24, 2.45) is 5.16 Å². The molecule has 0 saturated carbocycles. The van der Waals surface area contributed by atoms with Crippen molar-refractivity contribution in [2.45, 2.75) is 19.3 Å². The van der Waals surface area contributed by atoms with Crippen LogP contribution in [0.25, 0.3) is 0 Å². The van der Waals surface area contributed by atoms with Gasteiger partial charge in [-0.3, -0.25) is 0 Å². The molecule has 3 heteroatoms. The Morgan fingerprint density at radius 3 is 2.91 bits per heavy atom. The summed E-state index contributed by atoms with van der Waals surface area (Å²) in [5.41, 5.74) is 1.88. The molecule has 1 rings (SSSR count). The zero-order valence-corrected chi connectivity index (χ0v) is 6.50. The van der Waals surface area contributed by atoms with Gasteiger partial charge >= 0.3 is 0 Å². The standard InChI is InChI=1S/C8H10N2O/c1-11-10-8-4-2-7(6-9)3-5-8/h2H,3-5H2,1H3/b10-8+. The molecule has 0 N–H and O–H groups in total. The van der Waals surface area contributed by atoms with E-state index >= 15 is 0 Å². The van der Waals surface area contributed by atoms with Gasteiger partial charge in [0.05, 0.1) is 11.8 Å². The predicted octanol–water partition coefficient (Wildman–Crippen LogP) is 1.62. The van der Waals surface area contributed by atoms with E-state index in [1.54, 1.807) is 0 Å². The highest BCUT2D eigenvalue weighted by Crippen LogP contribution is 2.14. The SMILES string of the molecule is CO/N=C1\CC=C(C#N)CC1. The third kappa shape index (κ3) is 2.08. The number of oxime groups is 1. The normalized spacial score (nSPS) is 20.7. The summed E-state index contributed by atoms with van der Waals surface area (Å²) >= 11 is 0. The molecule has 0 atom stereocenters. The topological polar surface area (TPSA) is 45.4 Å². The number of hydrogen-bond acceptors (Lipinski definition) is 3. The quantitative estimate of drug-likeness (QED) is 0.533. The summed E-state index contributed by atoms with van der Waals surface area (Å²) in [6.07, 6.45) is 4.32. The summed E-state index contributed by atoms with van der Waals surface area (Å²) in [5.74, 6) is 0. The Kier molecular flexibility index (Phi) is 2.67. The lowest BCUT2D eigenvalue weighted by Crippen LogP contribution is -2.03. The van der Waals surface area contributed by atoms with Crippen molar-refractivity contribution in [3.8, 4) is 6.07 Å². The van der Waals surface area contributed by atoms with Crippen LogP contribution in [0, 0.1) is 11.3 Å². The van der Waals surface area contributed by atoms with Crippen LogP contribution in [0.4, 0.5) is 0 Å². The summed E-state index contributed by atoms with van der Waals surface area (Å²) in [7, 11) is 1.54. The first-order chi connectivity index (χ1) is 5.36. The van der Waals surface area contributed by atoms with Gasteiger partial charge < -0.3 is 4.84 Å². The molecular formula is C8H10N2O. The summed E-state index contributed by atoms with van der Waals surface area (Å²) in [6, 6.07) is 2.13. The number of nitrogens with zero attached hydrogens (tertiary/aromatic N) is 2. The van der Waals surface area contributed by atoms with Crippen LogP contribution in [0.1, 0.15) is 19.3 Å². The van der Waals surface area contributed by atoms with E-state index in [4.69, 9.17) is 5.26 Å². The Balaban J connectivity index is 2.56. The van der Waals surface area contributed by atoms with Crippen molar-refractivity contribution in [3.63, 3.8) is 0 Å². The van der Waals surface area contributed by atoms with E-state index in [2.05, 4.69) is 16.1 Å². The van der Waals surface area contributed by atoms with Gasteiger partial charge in [-0.05, 0) is 12.8 Å². The van der Waals surface area contributed by atoms with Crippen LogP contribution in [0.3, 0.4) is 0 Å². The van der Waals surface area contributed by atoms with E-state index in [0.29, 0.717) is 0 Å². The van der Waals surface area contributed by atoms with Gasteiger partial charge in [0.25, 0.3) is 0 Å². The first-order valence-electron chi connectivity index (χ1n) is 3.55. The molecule has 0 fully saturated rings. The molecule has 0 heterocycles. The van der Waals surface area contributed by atoms with Crippen LogP contribution in [0.5, 0.6) is 0 Å². The highest BCUT2D eigenvalue weighted by atomic mass is 16.6. The van der Waals surface area contributed by atoms with Gasteiger partial charge in [-0.2, -0.15) is 5.26 Å². The lowest BCUT2D eigenvalue weighted by Gasteiger charge is -2.07. The van der Waals surface area contributed by atoms with Gasteiger partial charge in [-0.1, -0.05) is 11.2 Å². The molecule has 0 saturated heterocycles. The molecule has 58 valence electrons. The summed E-state index contributed by atoms with van der Waals surface area (Å²) in [4.78, 5) is 4.63. The number of allylic oxidation sites excluding steroid dienone is 2. The van der Waals surface area contributed by atoms with Crippen molar-refractivity contribution < 1.29 is 4.84 Å². The Morgan fingerprint density at radius 1 is 1.64 bits per heavy atom. The van der Waals surface area contributed by atoms with Crippen molar-refractivity contribution in [1.82, 2.24) is 0 Å². The first kappa shape index (κ1) is 7.80. The molecule has 0 amide bonds. The molecule has 0 aromatic carbocycles. The zero-order valence-electron chi connectivity index (χ0n) is 6.50. The highest BCUT2D eigenvalue weighted by molar-refractivity contribution is 5.86. The van der Waals surface area contributed by atoms with Crippen LogP contribution >= 0.6 is 0 Å². The first-order valence-corrected chi connectivity index (χ1v) is 3.55. The fraction of sp³-hybridized carbons (Fsp3) is 0.500. The molecule has 0 aromatic heterocycles. The molecule has 0 spiro atoms. The molecule has 0 aliphatic heterocycles. The van der Waals surface area contributed by atoms with Gasteiger partial charge in [0.1, 0.15) is 7.11 Å². The van der Waals surface area contributed by atoms with Crippen molar-refractivity contribution in [3.05, 3.63) is 11.6 Å². The fourth-order valence-corrected chi connectivity index (χ4v) is 1.04. The molecule has 1 aliphatic rings. The van der Waals surface area contributed by atoms with Crippen LogP contribution in [-0.4, -0.2) is 12.8 Å². The van der Waals surface area contributed by atoms with Crippen molar-refractivity contribution in [1.29, 1.82) is 5.26 Å². The lowest BCUT2D eigenvalue weighted by molar-refractivity contribution is 0.212. The fourth-order valence-electron chi connectivity index (χ4n) is 1.04. The Bertz CT molecular complexity index is 235. The monoisotopic (exact) mass is 150 g/mol. The molecule has 0 unspecified atom stereocenters. The van der Waals surface area contributed by atoms with E-state index < -0.39 is 0 Å². The summed E-state index contributed by atoms with van der Waals surface area (Å²) in [6.45, 7) is 0. The maximum absolute atomic E-state index is 8.52. The second-order valence-corrected chi connectivity index (χ2v) is 2.39. The molecular weight excluding hydrogens is 140 g/mol. The van der Waals surface area contributed by atoms with Crippen LogP contribution in [0.2, 0.25) is 0 Å². The summed E-state index contributed by atoms with van der Waals surface area (Å²) < 4.78 is 0. The predicted molar refractivity (Wildman–Crippen MR) is 42.0 cm³/mol. The molecule has 1 aliphatic carbocycles. The van der Waals surface area contributed by atoms with Crippen LogP contribution in [0.15, 0.2) is 16.8 Å². The third-order valence-electron chi connectivity index (χ3n) is 1.63. The average Bonchev–Trinajstić information content (AvgIpc) is 2.07. The number of nitriles is 1. The Labute approximate surface area is 66.0 Å². The highest BCUT2D eigenvalue weighted by Gasteiger charge is 2.08. The Morgan fingerprint density at radius 2 is 2.45 bits per heavy atom. The minimum atomic E-state index is 0.761. The van der Waals surface area contributed by atoms with Gasteiger partial charge in [0.15, 0.2) is 0 Å². The van der Waals surface area contributed by atoms with E-state index in [9.17, 15) is 0 Å². The van der Waals surface area contributed by atoms with Crippen LogP contribution in [-0.2, 0) is 4.84 Å². The van der Waals surface area contributed by atoms with Crippen molar-refractivity contribution in [2.75, 3.05) is 7.11 Å². The lowest BCUT2D eigenvalue weighted by atomic mass is 9.99. The minimum absolute atomic E-state index is 0.761. The maximum atomic E-state index is 8.52. The number of rotatable bonds is 1. The van der Waals surface area contributed by atoms with Gasteiger partial charge in [0, 0.05) is 12.0 Å². The molecule has 3 nitrogen and oxygen atoms in total. The van der Waals surface area contributed by atoms with Crippen molar-refractivity contribution >= 4 is 5.71 Å². The Hall–Kier alpha value is -1.30.